The summed E-state index contributed by atoms with van der Waals surface area (Å²) in [6.45, 7) is 0. The molecule has 0 aromatic heterocycles. The van der Waals surface area contributed by atoms with Crippen molar-refractivity contribution in [1.82, 2.24) is 0 Å². The number of sulfonamides is 1. The highest BCUT2D eigenvalue weighted by Crippen LogP contribution is 2.19. The van der Waals surface area contributed by atoms with E-state index in [4.69, 9.17) is 5.14 Å². The minimum atomic E-state index is -3.39. The van der Waals surface area contributed by atoms with Gasteiger partial charge in [0.2, 0.25) is 10.0 Å². The highest BCUT2D eigenvalue weighted by molar-refractivity contribution is 7.93. The van der Waals surface area contributed by atoms with Gasteiger partial charge in [-0.3, -0.25) is 0 Å². The Morgan fingerprint density at radius 3 is 2.64 bits per heavy atom. The summed E-state index contributed by atoms with van der Waals surface area (Å²) in [6, 6.07) is 0. The third-order valence-corrected chi connectivity index (χ3v) is 2.97. The molecule has 1 rings (SSSR count). The summed E-state index contributed by atoms with van der Waals surface area (Å²) < 4.78 is 21.7. The van der Waals surface area contributed by atoms with E-state index in [2.05, 4.69) is 0 Å². The SMILES string of the molecule is NS(=O)(=O)C1=CCCCCC1. The van der Waals surface area contributed by atoms with Gasteiger partial charge in [0, 0.05) is 0 Å². The molecule has 3 nitrogen and oxygen atoms in total. The van der Waals surface area contributed by atoms with E-state index in [9.17, 15) is 8.42 Å². The lowest BCUT2D eigenvalue weighted by Crippen LogP contribution is -2.14. The zero-order valence-electron chi connectivity index (χ0n) is 6.41. The van der Waals surface area contributed by atoms with Crippen molar-refractivity contribution in [3.05, 3.63) is 11.0 Å². The minimum absolute atomic E-state index is 0.426. The Morgan fingerprint density at radius 2 is 2.00 bits per heavy atom. The second kappa shape index (κ2) is 3.36. The summed E-state index contributed by atoms with van der Waals surface area (Å²) in [7, 11) is -3.39. The van der Waals surface area contributed by atoms with E-state index in [0.29, 0.717) is 11.3 Å². The molecular formula is C7H13NO2S. The van der Waals surface area contributed by atoms with Gasteiger partial charge in [-0.05, 0) is 25.7 Å². The zero-order valence-corrected chi connectivity index (χ0v) is 7.23. The first-order valence-corrected chi connectivity index (χ1v) is 5.37. The van der Waals surface area contributed by atoms with Crippen molar-refractivity contribution in [3.63, 3.8) is 0 Å². The third-order valence-electron chi connectivity index (χ3n) is 1.86. The molecule has 0 aliphatic heterocycles. The Morgan fingerprint density at radius 1 is 1.27 bits per heavy atom. The smallest absolute Gasteiger partial charge is 0.225 e. The maximum absolute atomic E-state index is 10.8. The lowest BCUT2D eigenvalue weighted by atomic mass is 10.2. The Balaban J connectivity index is 2.77. The molecule has 0 aromatic carbocycles. The van der Waals surface area contributed by atoms with Crippen LogP contribution in [0.5, 0.6) is 0 Å². The predicted molar refractivity (Wildman–Crippen MR) is 44.3 cm³/mol. The second-order valence-corrected chi connectivity index (χ2v) is 4.43. The Bertz CT molecular complexity index is 254. The van der Waals surface area contributed by atoms with Gasteiger partial charge >= 0.3 is 0 Å². The predicted octanol–water partition coefficient (Wildman–Crippen LogP) is 1.12. The van der Waals surface area contributed by atoms with Gasteiger partial charge in [-0.15, -0.1) is 0 Å². The molecule has 0 heterocycles. The van der Waals surface area contributed by atoms with Crippen LogP contribution >= 0.6 is 0 Å². The van der Waals surface area contributed by atoms with Crippen molar-refractivity contribution in [3.8, 4) is 0 Å². The molecule has 0 unspecified atom stereocenters. The van der Waals surface area contributed by atoms with Crippen LogP contribution in [-0.4, -0.2) is 8.42 Å². The molecule has 0 saturated heterocycles. The van der Waals surface area contributed by atoms with E-state index in [-0.39, 0.29) is 0 Å². The molecule has 0 aromatic rings. The fourth-order valence-corrected chi connectivity index (χ4v) is 2.02. The first-order chi connectivity index (χ1) is 5.11. The maximum Gasteiger partial charge on any atom is 0.233 e. The second-order valence-electron chi connectivity index (χ2n) is 2.81. The van der Waals surface area contributed by atoms with Crippen LogP contribution in [0.4, 0.5) is 0 Å². The molecule has 1 aliphatic carbocycles. The Kier molecular flexibility index (Phi) is 2.67. The van der Waals surface area contributed by atoms with E-state index in [1.807, 2.05) is 0 Å². The first kappa shape index (κ1) is 8.74. The zero-order chi connectivity index (χ0) is 8.32. The molecule has 64 valence electrons. The Hall–Kier alpha value is -0.350. The van der Waals surface area contributed by atoms with Crippen LogP contribution in [0.1, 0.15) is 32.1 Å². The van der Waals surface area contributed by atoms with Crippen LogP contribution in [0.2, 0.25) is 0 Å². The van der Waals surface area contributed by atoms with Crippen molar-refractivity contribution in [1.29, 1.82) is 0 Å². The normalized spacial score (nSPS) is 20.6. The van der Waals surface area contributed by atoms with Crippen molar-refractivity contribution in [2.24, 2.45) is 5.14 Å². The van der Waals surface area contributed by atoms with Gasteiger partial charge in [-0.25, -0.2) is 13.6 Å². The fourth-order valence-electron chi connectivity index (χ4n) is 1.24. The molecule has 2 N–H and O–H groups in total. The van der Waals surface area contributed by atoms with Crippen LogP contribution < -0.4 is 5.14 Å². The largest absolute Gasteiger partial charge is 0.233 e. The number of hydrogen-bond acceptors (Lipinski definition) is 2. The molecule has 1 aliphatic rings. The van der Waals surface area contributed by atoms with Crippen LogP contribution in [0.25, 0.3) is 0 Å². The van der Waals surface area contributed by atoms with E-state index in [1.54, 1.807) is 6.08 Å². The number of rotatable bonds is 1. The van der Waals surface area contributed by atoms with Gasteiger partial charge < -0.3 is 0 Å². The van der Waals surface area contributed by atoms with Crippen molar-refractivity contribution >= 4 is 10.0 Å². The van der Waals surface area contributed by atoms with Crippen LogP contribution in [0.15, 0.2) is 11.0 Å². The standard InChI is InChI=1S/C7H13NO2S/c8-11(9,10)7-5-3-1-2-4-6-7/h5H,1-4,6H2,(H2,8,9,10). The molecular weight excluding hydrogens is 162 g/mol. The lowest BCUT2D eigenvalue weighted by molar-refractivity contribution is 0.600. The maximum atomic E-state index is 10.8. The van der Waals surface area contributed by atoms with Gasteiger partial charge in [0.15, 0.2) is 0 Å². The summed E-state index contributed by atoms with van der Waals surface area (Å²) >= 11 is 0. The summed E-state index contributed by atoms with van der Waals surface area (Å²) in [6.07, 6.45) is 6.36. The summed E-state index contributed by atoms with van der Waals surface area (Å²) in [5.41, 5.74) is 0. The summed E-state index contributed by atoms with van der Waals surface area (Å²) in [5.74, 6) is 0. The number of nitrogens with two attached hydrogens (primary N) is 1. The monoisotopic (exact) mass is 175 g/mol. The molecule has 0 atom stereocenters. The molecule has 0 spiro atoms. The van der Waals surface area contributed by atoms with E-state index in [1.165, 1.54) is 0 Å². The van der Waals surface area contributed by atoms with Gasteiger partial charge in [-0.2, -0.15) is 0 Å². The molecule has 0 radical (unpaired) electrons. The van der Waals surface area contributed by atoms with Crippen molar-refractivity contribution in [2.75, 3.05) is 0 Å². The molecule has 0 amide bonds. The van der Waals surface area contributed by atoms with E-state index >= 15 is 0 Å². The van der Waals surface area contributed by atoms with Crippen molar-refractivity contribution in [2.45, 2.75) is 32.1 Å². The van der Waals surface area contributed by atoms with E-state index in [0.717, 1.165) is 25.7 Å². The molecule has 4 heteroatoms. The quantitative estimate of drug-likeness (QED) is 0.649. The number of allylic oxidation sites excluding steroid dienone is 2. The average molecular weight is 175 g/mol. The van der Waals surface area contributed by atoms with Gasteiger partial charge in [-0.1, -0.05) is 12.5 Å². The molecule has 0 saturated carbocycles. The van der Waals surface area contributed by atoms with Crippen molar-refractivity contribution < 1.29 is 8.42 Å². The average Bonchev–Trinajstić information content (AvgIpc) is 2.10. The lowest BCUT2D eigenvalue weighted by Gasteiger charge is -1.99. The number of hydrogen-bond donors (Lipinski definition) is 1. The van der Waals surface area contributed by atoms with Crippen LogP contribution in [0, 0.1) is 0 Å². The molecule has 0 bridgehead atoms. The minimum Gasteiger partial charge on any atom is -0.225 e. The molecule has 0 fully saturated rings. The number of primary sulfonamides is 1. The topological polar surface area (TPSA) is 60.2 Å². The van der Waals surface area contributed by atoms with Crippen LogP contribution in [-0.2, 0) is 10.0 Å². The van der Waals surface area contributed by atoms with Gasteiger partial charge in [0.25, 0.3) is 0 Å². The molecule has 11 heavy (non-hydrogen) atoms. The van der Waals surface area contributed by atoms with E-state index < -0.39 is 10.0 Å². The van der Waals surface area contributed by atoms with Gasteiger partial charge in [0.05, 0.1) is 4.91 Å². The first-order valence-electron chi connectivity index (χ1n) is 3.82. The highest BCUT2D eigenvalue weighted by atomic mass is 32.2. The third kappa shape index (κ3) is 2.63. The van der Waals surface area contributed by atoms with Crippen LogP contribution in [0.3, 0.4) is 0 Å². The summed E-state index contributed by atoms with van der Waals surface area (Å²) in [4.78, 5) is 0.426. The Labute approximate surface area is 67.3 Å². The van der Waals surface area contributed by atoms with Gasteiger partial charge in [0.1, 0.15) is 0 Å². The fraction of sp³-hybridized carbons (Fsp3) is 0.714. The summed E-state index contributed by atoms with van der Waals surface area (Å²) in [5, 5.41) is 4.98. The highest BCUT2D eigenvalue weighted by Gasteiger charge is 2.12.